The fourth-order valence-electron chi connectivity index (χ4n) is 2.36. The SMILES string of the molecule is Clc1cccnc1CN1CCC(c2ncn[nH]2)C1. The van der Waals surface area contributed by atoms with E-state index in [1.807, 2.05) is 12.1 Å². The molecule has 0 aromatic carbocycles. The zero-order valence-electron chi connectivity index (χ0n) is 9.88. The Kier molecular flexibility index (Phi) is 3.25. The van der Waals surface area contributed by atoms with Crippen LogP contribution in [0.25, 0.3) is 0 Å². The van der Waals surface area contributed by atoms with Gasteiger partial charge >= 0.3 is 0 Å². The first kappa shape index (κ1) is 11.6. The summed E-state index contributed by atoms with van der Waals surface area (Å²) in [5, 5.41) is 7.58. The molecule has 0 radical (unpaired) electrons. The Morgan fingerprint density at radius 3 is 3.17 bits per heavy atom. The van der Waals surface area contributed by atoms with E-state index in [-0.39, 0.29) is 0 Å². The first-order valence-corrected chi connectivity index (χ1v) is 6.38. The predicted octanol–water partition coefficient (Wildman–Crippen LogP) is 1.84. The lowest BCUT2D eigenvalue weighted by Gasteiger charge is -2.15. The van der Waals surface area contributed by atoms with Crippen molar-refractivity contribution in [3.8, 4) is 0 Å². The third-order valence-corrected chi connectivity index (χ3v) is 3.64. The highest BCUT2D eigenvalue weighted by molar-refractivity contribution is 6.31. The molecule has 18 heavy (non-hydrogen) atoms. The Bertz CT molecular complexity index is 513. The normalized spacial score (nSPS) is 20.4. The zero-order valence-corrected chi connectivity index (χ0v) is 10.6. The van der Waals surface area contributed by atoms with Crippen LogP contribution in [0, 0.1) is 0 Å². The molecule has 3 rings (SSSR count). The van der Waals surface area contributed by atoms with Crippen LogP contribution in [0.1, 0.15) is 23.9 Å². The topological polar surface area (TPSA) is 57.7 Å². The summed E-state index contributed by atoms with van der Waals surface area (Å²) in [6, 6.07) is 3.74. The number of nitrogens with one attached hydrogen (secondary N) is 1. The Labute approximate surface area is 110 Å². The molecule has 5 nitrogen and oxygen atoms in total. The highest BCUT2D eigenvalue weighted by Gasteiger charge is 2.26. The maximum absolute atomic E-state index is 6.12. The molecule has 0 saturated carbocycles. The molecular weight excluding hydrogens is 250 g/mol. The second-order valence-corrected chi connectivity index (χ2v) is 4.93. The van der Waals surface area contributed by atoms with E-state index in [0.717, 1.165) is 42.6 Å². The van der Waals surface area contributed by atoms with Gasteiger partial charge in [-0.2, -0.15) is 5.10 Å². The van der Waals surface area contributed by atoms with Crippen molar-refractivity contribution in [3.63, 3.8) is 0 Å². The lowest BCUT2D eigenvalue weighted by Crippen LogP contribution is -2.20. The monoisotopic (exact) mass is 263 g/mol. The summed E-state index contributed by atoms with van der Waals surface area (Å²) in [5.74, 6) is 1.42. The van der Waals surface area contributed by atoms with Crippen LogP contribution in [0.5, 0.6) is 0 Å². The Morgan fingerprint density at radius 2 is 2.39 bits per heavy atom. The summed E-state index contributed by atoms with van der Waals surface area (Å²) < 4.78 is 0. The van der Waals surface area contributed by atoms with Gasteiger partial charge in [-0.1, -0.05) is 11.6 Å². The standard InChI is InChI=1S/C12H14ClN5/c13-10-2-1-4-14-11(10)7-18-5-3-9(6-18)12-15-8-16-17-12/h1-2,4,8-9H,3,5-7H2,(H,15,16,17). The molecule has 1 atom stereocenters. The van der Waals surface area contributed by atoms with Crippen LogP contribution in [0.2, 0.25) is 5.02 Å². The molecule has 1 aliphatic heterocycles. The van der Waals surface area contributed by atoms with Crippen LogP contribution in [0.4, 0.5) is 0 Å². The predicted molar refractivity (Wildman–Crippen MR) is 68.3 cm³/mol. The molecule has 1 aliphatic rings. The molecule has 94 valence electrons. The van der Waals surface area contributed by atoms with Gasteiger partial charge < -0.3 is 0 Å². The second kappa shape index (κ2) is 5.04. The summed E-state index contributed by atoms with van der Waals surface area (Å²) >= 11 is 6.12. The summed E-state index contributed by atoms with van der Waals surface area (Å²) in [6.45, 7) is 2.81. The van der Waals surface area contributed by atoms with Gasteiger partial charge in [-0.25, -0.2) is 4.98 Å². The maximum atomic E-state index is 6.12. The van der Waals surface area contributed by atoms with E-state index in [2.05, 4.69) is 25.1 Å². The molecule has 0 spiro atoms. The molecule has 1 fully saturated rings. The average molecular weight is 264 g/mol. The number of nitrogens with zero attached hydrogens (tertiary/aromatic N) is 4. The number of pyridine rings is 1. The molecular formula is C12H14ClN5. The molecule has 2 aromatic rings. The van der Waals surface area contributed by atoms with Crippen LogP contribution < -0.4 is 0 Å². The number of hydrogen-bond donors (Lipinski definition) is 1. The summed E-state index contributed by atoms with van der Waals surface area (Å²) in [7, 11) is 0. The van der Waals surface area contributed by atoms with Gasteiger partial charge in [0.15, 0.2) is 0 Å². The Balaban J connectivity index is 1.65. The van der Waals surface area contributed by atoms with E-state index in [1.165, 1.54) is 0 Å². The number of aromatic nitrogens is 4. The Hall–Kier alpha value is -1.46. The summed E-state index contributed by atoms with van der Waals surface area (Å²) in [4.78, 5) is 10.9. The van der Waals surface area contributed by atoms with Crippen molar-refractivity contribution >= 4 is 11.6 Å². The van der Waals surface area contributed by atoms with Gasteiger partial charge in [-0.05, 0) is 25.1 Å². The minimum atomic E-state index is 0.440. The van der Waals surface area contributed by atoms with Crippen LogP contribution in [0.3, 0.4) is 0 Å². The van der Waals surface area contributed by atoms with Gasteiger partial charge in [0, 0.05) is 25.2 Å². The number of halogens is 1. The molecule has 0 amide bonds. The van der Waals surface area contributed by atoms with Crippen LogP contribution in [-0.4, -0.2) is 38.2 Å². The van der Waals surface area contributed by atoms with E-state index in [0.29, 0.717) is 5.92 Å². The minimum Gasteiger partial charge on any atom is -0.297 e. The van der Waals surface area contributed by atoms with Crippen molar-refractivity contribution in [1.82, 2.24) is 25.1 Å². The fraction of sp³-hybridized carbons (Fsp3) is 0.417. The fourth-order valence-corrected chi connectivity index (χ4v) is 2.54. The highest BCUT2D eigenvalue weighted by Crippen LogP contribution is 2.26. The third kappa shape index (κ3) is 2.37. The highest BCUT2D eigenvalue weighted by atomic mass is 35.5. The maximum Gasteiger partial charge on any atom is 0.137 e. The molecule has 3 heterocycles. The summed E-state index contributed by atoms with van der Waals surface area (Å²) in [5.41, 5.74) is 0.942. The minimum absolute atomic E-state index is 0.440. The molecule has 2 aromatic heterocycles. The van der Waals surface area contributed by atoms with Crippen molar-refractivity contribution in [2.75, 3.05) is 13.1 Å². The molecule has 1 saturated heterocycles. The quantitative estimate of drug-likeness (QED) is 0.918. The van der Waals surface area contributed by atoms with Crippen LogP contribution in [0.15, 0.2) is 24.7 Å². The van der Waals surface area contributed by atoms with E-state index >= 15 is 0 Å². The van der Waals surface area contributed by atoms with Gasteiger partial charge in [0.25, 0.3) is 0 Å². The number of rotatable bonds is 3. The van der Waals surface area contributed by atoms with E-state index < -0.39 is 0 Å². The zero-order chi connectivity index (χ0) is 12.4. The number of H-pyrrole nitrogens is 1. The largest absolute Gasteiger partial charge is 0.297 e. The third-order valence-electron chi connectivity index (χ3n) is 3.30. The molecule has 1 unspecified atom stereocenters. The number of hydrogen-bond acceptors (Lipinski definition) is 4. The summed E-state index contributed by atoms with van der Waals surface area (Å²) in [6.07, 6.45) is 4.44. The van der Waals surface area contributed by atoms with Gasteiger partial charge in [-0.15, -0.1) is 0 Å². The lowest BCUT2D eigenvalue weighted by molar-refractivity contribution is 0.322. The smallest absolute Gasteiger partial charge is 0.137 e. The first-order chi connectivity index (χ1) is 8.83. The van der Waals surface area contributed by atoms with Gasteiger partial charge in [0.05, 0.1) is 10.7 Å². The number of likely N-dealkylation sites (tertiary alicyclic amines) is 1. The van der Waals surface area contributed by atoms with Crippen LogP contribution in [-0.2, 0) is 6.54 Å². The van der Waals surface area contributed by atoms with Crippen molar-refractivity contribution in [2.45, 2.75) is 18.9 Å². The van der Waals surface area contributed by atoms with Crippen molar-refractivity contribution in [3.05, 3.63) is 41.2 Å². The van der Waals surface area contributed by atoms with Gasteiger partial charge in [0.2, 0.25) is 0 Å². The molecule has 0 bridgehead atoms. The van der Waals surface area contributed by atoms with Crippen LogP contribution >= 0.6 is 11.6 Å². The van der Waals surface area contributed by atoms with Crippen molar-refractivity contribution in [1.29, 1.82) is 0 Å². The van der Waals surface area contributed by atoms with E-state index in [9.17, 15) is 0 Å². The average Bonchev–Trinajstić information content (AvgIpc) is 3.02. The van der Waals surface area contributed by atoms with Crippen molar-refractivity contribution < 1.29 is 0 Å². The lowest BCUT2D eigenvalue weighted by atomic mass is 10.1. The molecule has 0 aliphatic carbocycles. The second-order valence-electron chi connectivity index (χ2n) is 4.52. The van der Waals surface area contributed by atoms with Gasteiger partial charge in [-0.3, -0.25) is 15.0 Å². The molecule has 6 heteroatoms. The van der Waals surface area contributed by atoms with Crippen molar-refractivity contribution in [2.24, 2.45) is 0 Å². The first-order valence-electron chi connectivity index (χ1n) is 6.00. The van der Waals surface area contributed by atoms with Gasteiger partial charge in [0.1, 0.15) is 12.2 Å². The van der Waals surface area contributed by atoms with E-state index in [4.69, 9.17) is 11.6 Å². The molecule has 1 N–H and O–H groups in total. The Morgan fingerprint density at radius 1 is 1.44 bits per heavy atom. The number of aromatic amines is 1. The van der Waals surface area contributed by atoms with E-state index in [1.54, 1.807) is 12.5 Å².